The zero-order chi connectivity index (χ0) is 11.3. The van der Waals surface area contributed by atoms with Crippen LogP contribution in [0.5, 0.6) is 0 Å². The number of nitrogens with zero attached hydrogens (tertiary/aromatic N) is 2. The van der Waals surface area contributed by atoms with Gasteiger partial charge in [0.05, 0.1) is 0 Å². The number of hydrogen-bond donors (Lipinski definition) is 1. The highest BCUT2D eigenvalue weighted by Crippen LogP contribution is 2.10. The van der Waals surface area contributed by atoms with E-state index in [2.05, 4.69) is 45.7 Å². The number of nitrogens with two attached hydrogens (primary N) is 1. The Kier molecular flexibility index (Phi) is 5.22. The number of aromatic nitrogens is 1. The van der Waals surface area contributed by atoms with Gasteiger partial charge in [-0.25, -0.2) is 4.98 Å². The molecule has 0 aliphatic carbocycles. The molecule has 1 heterocycles. The fraction of sp³-hybridized carbons (Fsp3) is 0.545. The van der Waals surface area contributed by atoms with Gasteiger partial charge < -0.3 is 5.73 Å². The van der Waals surface area contributed by atoms with Crippen LogP contribution in [0, 0.1) is 0 Å². The van der Waals surface area contributed by atoms with Crippen molar-refractivity contribution < 1.29 is 0 Å². The van der Waals surface area contributed by atoms with E-state index in [0.717, 1.165) is 17.7 Å². The second kappa shape index (κ2) is 6.20. The second-order valence-corrected chi connectivity index (χ2v) is 4.65. The average Bonchev–Trinajstić information content (AvgIpc) is 2.20. The van der Waals surface area contributed by atoms with Crippen LogP contribution in [0.4, 0.5) is 0 Å². The van der Waals surface area contributed by atoms with Crippen molar-refractivity contribution >= 4 is 15.9 Å². The summed E-state index contributed by atoms with van der Waals surface area (Å²) in [5, 5.41) is 0. The largest absolute Gasteiger partial charge is 0.329 e. The third-order valence-corrected chi connectivity index (χ3v) is 2.79. The van der Waals surface area contributed by atoms with Crippen LogP contribution in [-0.2, 0) is 6.54 Å². The molecule has 0 radical (unpaired) electrons. The molecule has 0 bridgehead atoms. The summed E-state index contributed by atoms with van der Waals surface area (Å²) in [7, 11) is 0. The van der Waals surface area contributed by atoms with Gasteiger partial charge >= 0.3 is 0 Å². The molecule has 0 amide bonds. The smallest absolute Gasteiger partial charge is 0.106 e. The predicted molar refractivity (Wildman–Crippen MR) is 66.5 cm³/mol. The van der Waals surface area contributed by atoms with Gasteiger partial charge in [0.25, 0.3) is 0 Å². The van der Waals surface area contributed by atoms with E-state index in [1.54, 1.807) is 0 Å². The quantitative estimate of drug-likeness (QED) is 0.834. The monoisotopic (exact) mass is 271 g/mol. The van der Waals surface area contributed by atoms with E-state index >= 15 is 0 Å². The zero-order valence-electron chi connectivity index (χ0n) is 9.28. The van der Waals surface area contributed by atoms with Gasteiger partial charge in [0.2, 0.25) is 0 Å². The summed E-state index contributed by atoms with van der Waals surface area (Å²) in [6.07, 6.45) is 1.90. The minimum atomic E-state index is 0.511. The molecule has 0 unspecified atom stereocenters. The van der Waals surface area contributed by atoms with Gasteiger partial charge in [0.15, 0.2) is 0 Å². The maximum Gasteiger partial charge on any atom is 0.106 e. The lowest BCUT2D eigenvalue weighted by atomic mass is 10.2. The van der Waals surface area contributed by atoms with Crippen LogP contribution >= 0.6 is 15.9 Å². The Morgan fingerprint density at radius 2 is 2.20 bits per heavy atom. The molecule has 0 saturated heterocycles. The second-order valence-electron chi connectivity index (χ2n) is 3.84. The zero-order valence-corrected chi connectivity index (χ0v) is 10.9. The van der Waals surface area contributed by atoms with Gasteiger partial charge in [-0.1, -0.05) is 6.07 Å². The number of pyridine rings is 1. The van der Waals surface area contributed by atoms with Crippen molar-refractivity contribution in [1.82, 2.24) is 9.88 Å². The normalized spacial score (nSPS) is 11.3. The Labute approximate surface area is 99.8 Å². The topological polar surface area (TPSA) is 42.1 Å². The molecule has 0 fully saturated rings. The molecule has 0 spiro atoms. The highest BCUT2D eigenvalue weighted by atomic mass is 79.9. The highest BCUT2D eigenvalue weighted by Gasteiger charge is 2.08. The van der Waals surface area contributed by atoms with Gasteiger partial charge in [0, 0.05) is 31.9 Å². The average molecular weight is 272 g/mol. The first-order chi connectivity index (χ1) is 7.13. The Hall–Kier alpha value is -0.450. The summed E-state index contributed by atoms with van der Waals surface area (Å²) in [6, 6.07) is 4.57. The van der Waals surface area contributed by atoms with Crippen LogP contribution in [0.2, 0.25) is 0 Å². The van der Waals surface area contributed by atoms with Gasteiger partial charge in [0.1, 0.15) is 4.60 Å². The maximum absolute atomic E-state index is 5.58. The van der Waals surface area contributed by atoms with Crippen molar-refractivity contribution in [3.8, 4) is 0 Å². The van der Waals surface area contributed by atoms with Crippen LogP contribution in [0.15, 0.2) is 22.9 Å². The number of hydrogen-bond acceptors (Lipinski definition) is 3. The van der Waals surface area contributed by atoms with Crippen LogP contribution < -0.4 is 5.73 Å². The first kappa shape index (κ1) is 12.6. The van der Waals surface area contributed by atoms with E-state index in [1.165, 1.54) is 5.56 Å². The van der Waals surface area contributed by atoms with E-state index in [9.17, 15) is 0 Å². The van der Waals surface area contributed by atoms with Gasteiger partial charge in [-0.2, -0.15) is 0 Å². The third-order valence-electron chi connectivity index (χ3n) is 2.32. The van der Waals surface area contributed by atoms with Crippen molar-refractivity contribution in [3.05, 3.63) is 28.5 Å². The van der Waals surface area contributed by atoms with Gasteiger partial charge in [-0.15, -0.1) is 0 Å². The lowest BCUT2D eigenvalue weighted by Gasteiger charge is -2.25. The molecule has 1 aromatic heterocycles. The highest BCUT2D eigenvalue weighted by molar-refractivity contribution is 9.10. The van der Waals surface area contributed by atoms with Gasteiger partial charge in [-0.05, 0) is 41.4 Å². The molecule has 1 aromatic rings. The Bertz CT molecular complexity index is 284. The van der Waals surface area contributed by atoms with E-state index in [-0.39, 0.29) is 0 Å². The van der Waals surface area contributed by atoms with Crippen LogP contribution in [0.25, 0.3) is 0 Å². The fourth-order valence-corrected chi connectivity index (χ4v) is 1.65. The van der Waals surface area contributed by atoms with E-state index in [0.29, 0.717) is 12.6 Å². The summed E-state index contributed by atoms with van der Waals surface area (Å²) in [5.41, 5.74) is 6.80. The molecular formula is C11H18BrN3. The Morgan fingerprint density at radius 3 is 2.67 bits per heavy atom. The maximum atomic E-state index is 5.58. The van der Waals surface area contributed by atoms with Crippen molar-refractivity contribution in [3.63, 3.8) is 0 Å². The summed E-state index contributed by atoms with van der Waals surface area (Å²) < 4.78 is 0.876. The van der Waals surface area contributed by atoms with Crippen molar-refractivity contribution in [1.29, 1.82) is 0 Å². The molecule has 0 aromatic carbocycles. The molecule has 0 atom stereocenters. The molecule has 1 rings (SSSR count). The Balaban J connectivity index is 2.61. The molecule has 4 heteroatoms. The van der Waals surface area contributed by atoms with Crippen LogP contribution in [0.1, 0.15) is 19.4 Å². The van der Waals surface area contributed by atoms with Crippen molar-refractivity contribution in [2.45, 2.75) is 26.4 Å². The first-order valence-electron chi connectivity index (χ1n) is 5.18. The first-order valence-corrected chi connectivity index (χ1v) is 5.97. The lowest BCUT2D eigenvalue weighted by molar-refractivity contribution is 0.219. The third kappa shape index (κ3) is 4.28. The summed E-state index contributed by atoms with van der Waals surface area (Å²) in [4.78, 5) is 6.55. The summed E-state index contributed by atoms with van der Waals surface area (Å²) in [6.45, 7) is 6.90. The molecule has 0 aliphatic rings. The Morgan fingerprint density at radius 1 is 1.47 bits per heavy atom. The standard InChI is InChI=1S/C11H18BrN3/c1-9(2)15(6-5-13)8-10-3-4-11(12)14-7-10/h3-4,7,9H,5-6,8,13H2,1-2H3. The predicted octanol–water partition coefficient (Wildman–Crippen LogP) is 2.01. The van der Waals surface area contributed by atoms with E-state index in [1.807, 2.05) is 12.3 Å². The molecule has 3 nitrogen and oxygen atoms in total. The molecular weight excluding hydrogens is 254 g/mol. The summed E-state index contributed by atoms with van der Waals surface area (Å²) in [5.74, 6) is 0. The molecule has 0 saturated carbocycles. The fourth-order valence-electron chi connectivity index (χ4n) is 1.42. The van der Waals surface area contributed by atoms with Crippen molar-refractivity contribution in [2.75, 3.05) is 13.1 Å². The lowest BCUT2D eigenvalue weighted by Crippen LogP contribution is -2.34. The summed E-state index contributed by atoms with van der Waals surface area (Å²) >= 11 is 3.33. The molecule has 15 heavy (non-hydrogen) atoms. The van der Waals surface area contributed by atoms with Crippen molar-refractivity contribution in [2.24, 2.45) is 5.73 Å². The molecule has 2 N–H and O–H groups in total. The SMILES string of the molecule is CC(C)N(CCN)Cc1ccc(Br)nc1. The van der Waals surface area contributed by atoms with Gasteiger partial charge in [-0.3, -0.25) is 4.90 Å². The van der Waals surface area contributed by atoms with Crippen LogP contribution in [0.3, 0.4) is 0 Å². The number of halogens is 1. The molecule has 0 aliphatic heterocycles. The minimum absolute atomic E-state index is 0.511. The van der Waals surface area contributed by atoms with E-state index in [4.69, 9.17) is 5.73 Å². The minimum Gasteiger partial charge on any atom is -0.329 e. The van der Waals surface area contributed by atoms with E-state index < -0.39 is 0 Å². The number of rotatable bonds is 5. The van der Waals surface area contributed by atoms with Crippen LogP contribution in [-0.4, -0.2) is 29.0 Å². The molecule has 84 valence electrons.